The zero-order valence-corrected chi connectivity index (χ0v) is 10.7. The van der Waals surface area contributed by atoms with E-state index in [0.29, 0.717) is 6.42 Å². The molecule has 0 aliphatic carbocycles. The number of halogens is 1. The minimum Gasteiger partial charge on any atom is -0.493 e. The Balaban J connectivity index is 2.52. The lowest BCUT2D eigenvalue weighted by molar-refractivity contribution is 0.316. The summed E-state index contributed by atoms with van der Waals surface area (Å²) in [4.78, 5) is 0. The molecular formula is C10H14BFO5S. The second-order valence-corrected chi connectivity index (χ2v) is 6.15. The van der Waals surface area contributed by atoms with Gasteiger partial charge < -0.3 is 14.8 Å². The van der Waals surface area contributed by atoms with Crippen molar-refractivity contribution in [1.82, 2.24) is 0 Å². The zero-order valence-electron chi connectivity index (χ0n) is 9.84. The molecule has 0 fully saturated rings. The van der Waals surface area contributed by atoms with Gasteiger partial charge in [0.2, 0.25) is 0 Å². The predicted molar refractivity (Wildman–Crippen MR) is 66.0 cm³/mol. The van der Waals surface area contributed by atoms with Crippen LogP contribution in [0.2, 0.25) is 0 Å². The molecule has 100 valence electrons. The van der Waals surface area contributed by atoms with E-state index in [1.165, 1.54) is 12.1 Å². The van der Waals surface area contributed by atoms with E-state index in [0.717, 1.165) is 12.3 Å². The number of hydrogen-bond donors (Lipinski definition) is 2. The van der Waals surface area contributed by atoms with E-state index in [1.807, 2.05) is 0 Å². The van der Waals surface area contributed by atoms with Crippen LogP contribution < -0.4 is 10.2 Å². The van der Waals surface area contributed by atoms with E-state index in [9.17, 15) is 12.8 Å². The Kier molecular flexibility index (Phi) is 5.12. The predicted octanol–water partition coefficient (Wildman–Crippen LogP) is -0.681. The van der Waals surface area contributed by atoms with Gasteiger partial charge in [-0.15, -0.1) is 0 Å². The van der Waals surface area contributed by atoms with Crippen LogP contribution in [0, 0.1) is 5.82 Å². The molecule has 0 unspecified atom stereocenters. The lowest BCUT2D eigenvalue weighted by Gasteiger charge is -2.07. The molecule has 5 nitrogen and oxygen atoms in total. The van der Waals surface area contributed by atoms with Gasteiger partial charge in [0.05, 0.1) is 12.4 Å². The molecule has 1 rings (SSSR count). The Morgan fingerprint density at radius 3 is 2.56 bits per heavy atom. The summed E-state index contributed by atoms with van der Waals surface area (Å²) in [6.07, 6.45) is 1.44. The molecule has 1 aromatic carbocycles. The monoisotopic (exact) mass is 276 g/mol. The van der Waals surface area contributed by atoms with Crippen molar-refractivity contribution >= 4 is 22.4 Å². The Labute approximate surface area is 105 Å². The molecule has 0 aliphatic heterocycles. The summed E-state index contributed by atoms with van der Waals surface area (Å²) < 4.78 is 40.1. The second kappa shape index (κ2) is 6.17. The maximum Gasteiger partial charge on any atom is 0.491 e. The van der Waals surface area contributed by atoms with Gasteiger partial charge in [0.15, 0.2) is 0 Å². The molecule has 2 N–H and O–H groups in total. The molecule has 0 amide bonds. The molecule has 0 aliphatic rings. The van der Waals surface area contributed by atoms with E-state index >= 15 is 0 Å². The molecule has 0 atom stereocenters. The third kappa shape index (κ3) is 5.03. The highest BCUT2D eigenvalue weighted by Crippen LogP contribution is 2.11. The zero-order chi connectivity index (χ0) is 13.8. The largest absolute Gasteiger partial charge is 0.493 e. The van der Waals surface area contributed by atoms with Gasteiger partial charge in [-0.2, -0.15) is 0 Å². The normalized spacial score (nSPS) is 11.3. The highest BCUT2D eigenvalue weighted by molar-refractivity contribution is 7.90. The van der Waals surface area contributed by atoms with Crippen LogP contribution in [0.1, 0.15) is 6.42 Å². The van der Waals surface area contributed by atoms with Crippen LogP contribution >= 0.6 is 0 Å². The minimum atomic E-state index is -3.02. The molecule has 0 saturated heterocycles. The molecule has 0 radical (unpaired) electrons. The molecule has 0 heterocycles. The van der Waals surface area contributed by atoms with Gasteiger partial charge in [-0.3, -0.25) is 0 Å². The fourth-order valence-corrected chi connectivity index (χ4v) is 1.96. The number of rotatable bonds is 6. The first-order chi connectivity index (χ1) is 8.29. The third-order valence-electron chi connectivity index (χ3n) is 2.18. The summed E-state index contributed by atoms with van der Waals surface area (Å²) in [7, 11) is -4.90. The molecule has 0 bridgehead atoms. The number of ether oxygens (including phenoxy) is 1. The molecule has 18 heavy (non-hydrogen) atoms. The maximum atomic E-state index is 13.3. The van der Waals surface area contributed by atoms with Crippen molar-refractivity contribution < 1.29 is 27.6 Å². The van der Waals surface area contributed by atoms with E-state index in [-0.39, 0.29) is 23.6 Å². The quantitative estimate of drug-likeness (QED) is 0.531. The Hall–Kier alpha value is -1.12. The lowest BCUT2D eigenvalue weighted by Crippen LogP contribution is -2.32. The van der Waals surface area contributed by atoms with Crippen LogP contribution in [0.3, 0.4) is 0 Å². The summed E-state index contributed by atoms with van der Waals surface area (Å²) in [6.45, 7) is 0.146. The van der Waals surface area contributed by atoms with Gasteiger partial charge >= 0.3 is 7.12 Å². The fourth-order valence-electron chi connectivity index (χ4n) is 1.32. The maximum absolute atomic E-state index is 13.3. The van der Waals surface area contributed by atoms with Crippen molar-refractivity contribution in [3.63, 3.8) is 0 Å². The molecule has 8 heteroatoms. The van der Waals surface area contributed by atoms with Crippen molar-refractivity contribution in [3.05, 3.63) is 24.0 Å². The highest BCUT2D eigenvalue weighted by Gasteiger charge is 2.16. The van der Waals surface area contributed by atoms with Gasteiger partial charge in [0.1, 0.15) is 21.4 Å². The van der Waals surface area contributed by atoms with Crippen LogP contribution in [0.15, 0.2) is 18.2 Å². The lowest BCUT2D eigenvalue weighted by atomic mass is 9.80. The summed E-state index contributed by atoms with van der Waals surface area (Å²) in [5.41, 5.74) is -0.238. The number of hydrogen-bond acceptors (Lipinski definition) is 5. The average molecular weight is 276 g/mol. The van der Waals surface area contributed by atoms with Crippen LogP contribution in [0.25, 0.3) is 0 Å². The topological polar surface area (TPSA) is 83.8 Å². The number of sulfone groups is 1. The summed E-state index contributed by atoms with van der Waals surface area (Å²) in [5.74, 6) is -0.570. The first kappa shape index (κ1) is 14.9. The van der Waals surface area contributed by atoms with Crippen molar-refractivity contribution in [1.29, 1.82) is 0 Å². The molecule has 0 aromatic heterocycles. The van der Waals surface area contributed by atoms with Gasteiger partial charge in [0.25, 0.3) is 0 Å². The van der Waals surface area contributed by atoms with Crippen molar-refractivity contribution in [2.45, 2.75) is 6.42 Å². The van der Waals surface area contributed by atoms with Gasteiger partial charge in [0, 0.05) is 17.8 Å². The number of benzene rings is 1. The van der Waals surface area contributed by atoms with Crippen molar-refractivity contribution in [2.75, 3.05) is 18.6 Å². The smallest absolute Gasteiger partial charge is 0.491 e. The Bertz CT molecular complexity index is 503. The van der Waals surface area contributed by atoms with Crippen LogP contribution in [-0.2, 0) is 9.84 Å². The highest BCUT2D eigenvalue weighted by atomic mass is 32.2. The summed E-state index contributed by atoms with van der Waals surface area (Å²) in [5, 5.41) is 17.6. The molecule has 0 spiro atoms. The van der Waals surface area contributed by atoms with Gasteiger partial charge in [-0.25, -0.2) is 12.8 Å². The standard InChI is InChI=1S/C10H14BFO5S/c1-18(15,16)6-2-5-17-8-3-4-9(11(13)14)10(12)7-8/h3-4,7,13-14H,2,5-6H2,1H3. The van der Waals surface area contributed by atoms with Crippen LogP contribution in [0.4, 0.5) is 4.39 Å². The van der Waals surface area contributed by atoms with E-state index in [4.69, 9.17) is 14.8 Å². The SMILES string of the molecule is CS(=O)(=O)CCCOc1ccc(B(O)O)c(F)c1. The summed E-state index contributed by atoms with van der Waals surface area (Å²) in [6, 6.07) is 3.61. The first-order valence-corrected chi connectivity index (χ1v) is 7.32. The van der Waals surface area contributed by atoms with Crippen LogP contribution in [-0.4, -0.2) is 44.2 Å². The van der Waals surface area contributed by atoms with Gasteiger partial charge in [-0.05, 0) is 12.5 Å². The molecule has 0 saturated carbocycles. The second-order valence-electron chi connectivity index (χ2n) is 3.89. The first-order valence-electron chi connectivity index (χ1n) is 5.26. The molecule has 1 aromatic rings. The average Bonchev–Trinajstić information content (AvgIpc) is 2.22. The van der Waals surface area contributed by atoms with E-state index in [2.05, 4.69) is 0 Å². The fraction of sp³-hybridized carbons (Fsp3) is 0.400. The third-order valence-corrected chi connectivity index (χ3v) is 3.21. The molecular weight excluding hydrogens is 262 g/mol. The van der Waals surface area contributed by atoms with E-state index in [1.54, 1.807) is 0 Å². The van der Waals surface area contributed by atoms with E-state index < -0.39 is 22.8 Å². The van der Waals surface area contributed by atoms with Gasteiger partial charge in [-0.1, -0.05) is 6.07 Å². The minimum absolute atomic E-state index is 0.00290. The van der Waals surface area contributed by atoms with Crippen molar-refractivity contribution in [3.8, 4) is 5.75 Å². The Morgan fingerprint density at radius 1 is 1.39 bits per heavy atom. The Morgan fingerprint density at radius 2 is 2.06 bits per heavy atom. The van der Waals surface area contributed by atoms with Crippen molar-refractivity contribution in [2.24, 2.45) is 0 Å². The van der Waals surface area contributed by atoms with Crippen LogP contribution in [0.5, 0.6) is 5.75 Å². The summed E-state index contributed by atoms with van der Waals surface area (Å²) >= 11 is 0.